The first-order valence-corrected chi connectivity index (χ1v) is 8.61. The third-order valence-electron chi connectivity index (χ3n) is 4.22. The molecule has 0 radical (unpaired) electrons. The monoisotopic (exact) mass is 348 g/mol. The van der Waals surface area contributed by atoms with Gasteiger partial charge in [-0.05, 0) is 29.2 Å². The minimum Gasteiger partial charge on any atom is -0.346 e. The van der Waals surface area contributed by atoms with E-state index in [1.54, 1.807) is 6.20 Å². The zero-order valence-corrected chi connectivity index (χ0v) is 14.4. The van der Waals surface area contributed by atoms with Crippen molar-refractivity contribution < 1.29 is 0 Å². The van der Waals surface area contributed by atoms with Gasteiger partial charge in [-0.2, -0.15) is 0 Å². The molecule has 4 rings (SSSR count). The Hall–Kier alpha value is -2.72. The van der Waals surface area contributed by atoms with Crippen LogP contribution in [-0.4, -0.2) is 19.9 Å². The molecule has 0 saturated heterocycles. The molecule has 0 atom stereocenters. The van der Waals surface area contributed by atoms with Crippen molar-refractivity contribution in [3.63, 3.8) is 0 Å². The number of nitrogens with zero attached hydrogens (tertiary/aromatic N) is 3. The molecule has 0 bridgehead atoms. The lowest BCUT2D eigenvalue weighted by molar-refractivity contribution is 0.849. The van der Waals surface area contributed by atoms with Crippen LogP contribution in [0.1, 0.15) is 22.5 Å². The normalized spacial score (nSPS) is 11.1. The summed E-state index contributed by atoms with van der Waals surface area (Å²) in [4.78, 5) is 16.5. The summed E-state index contributed by atoms with van der Waals surface area (Å²) in [5.41, 5.74) is 4.37. The van der Waals surface area contributed by atoms with E-state index in [0.29, 0.717) is 5.02 Å². The van der Waals surface area contributed by atoms with Crippen LogP contribution in [0.4, 0.5) is 0 Å². The highest BCUT2D eigenvalue weighted by Crippen LogP contribution is 2.22. The number of nitrogens with one attached hydrogen (secondary N) is 1. The van der Waals surface area contributed by atoms with Gasteiger partial charge in [0, 0.05) is 43.0 Å². The maximum absolute atomic E-state index is 6.06. The number of aromatic nitrogens is 4. The van der Waals surface area contributed by atoms with Crippen LogP contribution in [0.3, 0.4) is 0 Å². The second-order valence-electron chi connectivity index (χ2n) is 6.03. The van der Waals surface area contributed by atoms with Crippen LogP contribution < -0.4 is 0 Å². The van der Waals surface area contributed by atoms with Gasteiger partial charge in [0.25, 0.3) is 0 Å². The standard InChI is InChI=1S/C20H17ClN4/c21-17-9-18-16(12-24-20(18)25-13-17)8-15-10-22-19(23-11-15)7-6-14-4-2-1-3-5-14/h1-5,9-13H,6-8H2,(H,24,25). The largest absolute Gasteiger partial charge is 0.346 e. The predicted octanol–water partition coefficient (Wildman–Crippen LogP) is 4.38. The van der Waals surface area contributed by atoms with Gasteiger partial charge < -0.3 is 4.98 Å². The van der Waals surface area contributed by atoms with Crippen LogP contribution in [-0.2, 0) is 19.3 Å². The Morgan fingerprint density at radius 1 is 0.880 bits per heavy atom. The number of halogens is 1. The van der Waals surface area contributed by atoms with Crippen molar-refractivity contribution in [2.75, 3.05) is 0 Å². The van der Waals surface area contributed by atoms with E-state index in [9.17, 15) is 0 Å². The topological polar surface area (TPSA) is 54.5 Å². The fourth-order valence-electron chi connectivity index (χ4n) is 2.90. The minimum absolute atomic E-state index is 0.640. The first-order chi connectivity index (χ1) is 12.3. The Morgan fingerprint density at radius 2 is 1.68 bits per heavy atom. The molecule has 1 N–H and O–H groups in total. The Balaban J connectivity index is 1.45. The highest BCUT2D eigenvalue weighted by atomic mass is 35.5. The zero-order valence-electron chi connectivity index (χ0n) is 13.6. The van der Waals surface area contributed by atoms with Crippen molar-refractivity contribution in [2.24, 2.45) is 0 Å². The first kappa shape index (κ1) is 15.8. The smallest absolute Gasteiger partial charge is 0.137 e. The SMILES string of the molecule is Clc1cnc2[nH]cc(Cc3cnc(CCc4ccccc4)nc3)c2c1. The van der Waals surface area contributed by atoms with Gasteiger partial charge in [0.05, 0.1) is 5.02 Å². The quantitative estimate of drug-likeness (QED) is 0.582. The van der Waals surface area contributed by atoms with E-state index >= 15 is 0 Å². The van der Waals surface area contributed by atoms with Gasteiger partial charge in [0.1, 0.15) is 11.5 Å². The lowest BCUT2D eigenvalue weighted by Crippen LogP contribution is -1.99. The number of fused-ring (bicyclic) bond motifs is 1. The number of hydrogen-bond acceptors (Lipinski definition) is 3. The summed E-state index contributed by atoms with van der Waals surface area (Å²) in [6, 6.07) is 12.3. The molecule has 5 heteroatoms. The molecule has 0 fully saturated rings. The minimum atomic E-state index is 0.640. The van der Waals surface area contributed by atoms with E-state index in [1.165, 1.54) is 5.56 Å². The number of aromatic amines is 1. The molecule has 0 aliphatic rings. The lowest BCUT2D eigenvalue weighted by atomic mass is 10.1. The number of benzene rings is 1. The third kappa shape index (κ3) is 3.69. The van der Waals surface area contributed by atoms with Crippen LogP contribution in [0.2, 0.25) is 5.02 Å². The molecular formula is C20H17ClN4. The maximum atomic E-state index is 6.06. The zero-order chi connectivity index (χ0) is 17.1. The van der Waals surface area contributed by atoms with Gasteiger partial charge in [-0.15, -0.1) is 0 Å². The van der Waals surface area contributed by atoms with Gasteiger partial charge in [0.15, 0.2) is 0 Å². The van der Waals surface area contributed by atoms with E-state index in [0.717, 1.165) is 47.2 Å². The molecule has 25 heavy (non-hydrogen) atoms. The van der Waals surface area contributed by atoms with Crippen molar-refractivity contribution in [1.29, 1.82) is 0 Å². The second kappa shape index (κ2) is 7.03. The summed E-state index contributed by atoms with van der Waals surface area (Å²) >= 11 is 6.06. The van der Waals surface area contributed by atoms with Crippen LogP contribution in [0, 0.1) is 0 Å². The summed E-state index contributed by atoms with van der Waals surface area (Å²) in [7, 11) is 0. The van der Waals surface area contributed by atoms with Crippen LogP contribution >= 0.6 is 11.6 Å². The van der Waals surface area contributed by atoms with Gasteiger partial charge in [-0.25, -0.2) is 15.0 Å². The molecule has 0 aliphatic carbocycles. The molecule has 0 amide bonds. The van der Waals surface area contributed by atoms with E-state index in [1.807, 2.05) is 30.7 Å². The molecule has 3 heterocycles. The Bertz CT molecular complexity index is 978. The Kier molecular flexibility index (Phi) is 4.44. The van der Waals surface area contributed by atoms with Gasteiger partial charge >= 0.3 is 0 Å². The van der Waals surface area contributed by atoms with Crippen LogP contribution in [0.25, 0.3) is 11.0 Å². The Labute approximate surface area is 150 Å². The fraction of sp³-hybridized carbons (Fsp3) is 0.150. The average molecular weight is 349 g/mol. The fourth-order valence-corrected chi connectivity index (χ4v) is 3.06. The van der Waals surface area contributed by atoms with Gasteiger partial charge in [-0.3, -0.25) is 0 Å². The van der Waals surface area contributed by atoms with E-state index in [-0.39, 0.29) is 0 Å². The molecule has 124 valence electrons. The molecular weight excluding hydrogens is 332 g/mol. The number of aryl methyl sites for hydroxylation is 2. The molecule has 4 aromatic rings. The van der Waals surface area contributed by atoms with Crippen LogP contribution in [0.15, 0.2) is 61.2 Å². The molecule has 0 aliphatic heterocycles. The lowest BCUT2D eigenvalue weighted by Gasteiger charge is -2.03. The molecule has 4 nitrogen and oxygen atoms in total. The maximum Gasteiger partial charge on any atom is 0.137 e. The summed E-state index contributed by atoms with van der Waals surface area (Å²) in [6.07, 6.45) is 9.98. The molecule has 0 saturated carbocycles. The van der Waals surface area contributed by atoms with Crippen molar-refractivity contribution in [2.45, 2.75) is 19.3 Å². The number of H-pyrrole nitrogens is 1. The summed E-state index contributed by atoms with van der Waals surface area (Å²) < 4.78 is 0. The molecule has 0 spiro atoms. The summed E-state index contributed by atoms with van der Waals surface area (Å²) in [5, 5.41) is 1.68. The van der Waals surface area contributed by atoms with Crippen LogP contribution in [0.5, 0.6) is 0 Å². The van der Waals surface area contributed by atoms with Crippen molar-refractivity contribution in [3.05, 3.63) is 88.7 Å². The predicted molar refractivity (Wildman–Crippen MR) is 99.8 cm³/mol. The summed E-state index contributed by atoms with van der Waals surface area (Å²) in [5.74, 6) is 0.872. The number of rotatable bonds is 5. The molecule has 3 aromatic heterocycles. The highest BCUT2D eigenvalue weighted by molar-refractivity contribution is 6.31. The van der Waals surface area contributed by atoms with Crippen molar-refractivity contribution >= 4 is 22.6 Å². The average Bonchev–Trinajstić information content (AvgIpc) is 3.04. The van der Waals surface area contributed by atoms with Gasteiger partial charge in [0.2, 0.25) is 0 Å². The van der Waals surface area contributed by atoms with E-state index in [4.69, 9.17) is 11.6 Å². The second-order valence-corrected chi connectivity index (χ2v) is 6.47. The number of hydrogen-bond donors (Lipinski definition) is 1. The highest BCUT2D eigenvalue weighted by Gasteiger charge is 2.07. The molecule has 0 unspecified atom stereocenters. The van der Waals surface area contributed by atoms with Crippen molar-refractivity contribution in [1.82, 2.24) is 19.9 Å². The third-order valence-corrected chi connectivity index (χ3v) is 4.42. The molecule has 1 aromatic carbocycles. The Morgan fingerprint density at radius 3 is 2.48 bits per heavy atom. The van der Waals surface area contributed by atoms with Gasteiger partial charge in [-0.1, -0.05) is 41.9 Å². The van der Waals surface area contributed by atoms with E-state index < -0.39 is 0 Å². The summed E-state index contributed by atoms with van der Waals surface area (Å²) in [6.45, 7) is 0. The van der Waals surface area contributed by atoms with E-state index in [2.05, 4.69) is 44.2 Å². The van der Waals surface area contributed by atoms with Crippen molar-refractivity contribution in [3.8, 4) is 0 Å². The number of pyridine rings is 1. The first-order valence-electron chi connectivity index (χ1n) is 8.23.